The Balaban J connectivity index is 2.32. The van der Waals surface area contributed by atoms with Gasteiger partial charge in [0.2, 0.25) is 0 Å². The molecule has 1 aliphatic heterocycles. The summed E-state index contributed by atoms with van der Waals surface area (Å²) < 4.78 is 5.60. The molecule has 0 N–H and O–H groups in total. The van der Waals surface area contributed by atoms with Crippen molar-refractivity contribution in [2.45, 2.75) is 6.42 Å². The van der Waals surface area contributed by atoms with Gasteiger partial charge in [-0.15, -0.1) is 0 Å². The number of thiocarbonyl (C=S) groups is 1. The smallest absolute Gasteiger partial charge is 0.124 e. The molecule has 0 spiro atoms. The molecule has 0 aliphatic carbocycles. The van der Waals surface area contributed by atoms with E-state index in [1.807, 2.05) is 6.07 Å². The molecule has 15 heavy (non-hydrogen) atoms. The average molecular weight is 214 g/mol. The molecule has 0 amide bonds. The average Bonchev–Trinajstić information content (AvgIpc) is 2.29. The molecule has 0 atom stereocenters. The van der Waals surface area contributed by atoms with Crippen LogP contribution >= 0.6 is 12.2 Å². The molecule has 1 aliphatic rings. The van der Waals surface area contributed by atoms with Gasteiger partial charge >= 0.3 is 0 Å². The van der Waals surface area contributed by atoms with Crippen LogP contribution in [-0.2, 0) is 6.42 Å². The van der Waals surface area contributed by atoms with Crippen LogP contribution in [0.1, 0.15) is 5.56 Å². The molecule has 74 valence electrons. The van der Waals surface area contributed by atoms with E-state index in [0.717, 1.165) is 17.0 Å². The number of rotatable bonds is 0. The third kappa shape index (κ3) is 1.41. The number of fused-ring (bicyclic) bond motifs is 3. The Morgan fingerprint density at radius 1 is 1.07 bits per heavy atom. The first-order chi connectivity index (χ1) is 7.34. The van der Waals surface area contributed by atoms with Crippen LogP contribution in [0.2, 0.25) is 0 Å². The second-order valence-electron chi connectivity index (χ2n) is 3.77. The highest BCUT2D eigenvalue weighted by Crippen LogP contribution is 2.31. The fourth-order valence-electron chi connectivity index (χ4n) is 2.04. The van der Waals surface area contributed by atoms with Crippen molar-refractivity contribution >= 4 is 27.9 Å². The van der Waals surface area contributed by atoms with E-state index in [0.29, 0.717) is 6.61 Å². The molecule has 0 radical (unpaired) electrons. The third-order valence-electron chi connectivity index (χ3n) is 2.76. The van der Waals surface area contributed by atoms with Gasteiger partial charge in [0.1, 0.15) is 12.4 Å². The van der Waals surface area contributed by atoms with Crippen LogP contribution in [0, 0.1) is 0 Å². The lowest BCUT2D eigenvalue weighted by atomic mass is 9.98. The van der Waals surface area contributed by atoms with Gasteiger partial charge in [-0.1, -0.05) is 42.5 Å². The summed E-state index contributed by atoms with van der Waals surface area (Å²) in [5.41, 5.74) is 1.24. The van der Waals surface area contributed by atoms with E-state index in [1.54, 1.807) is 0 Å². The van der Waals surface area contributed by atoms with Crippen LogP contribution in [0.25, 0.3) is 10.8 Å². The minimum atomic E-state index is 0.584. The summed E-state index contributed by atoms with van der Waals surface area (Å²) in [5, 5.41) is 2.52. The fourth-order valence-corrected chi connectivity index (χ4v) is 2.24. The predicted molar refractivity (Wildman–Crippen MR) is 65.7 cm³/mol. The Kier molecular flexibility index (Phi) is 1.96. The highest BCUT2D eigenvalue weighted by molar-refractivity contribution is 7.80. The molecule has 0 bridgehead atoms. The molecule has 0 saturated heterocycles. The lowest BCUT2D eigenvalue weighted by Gasteiger charge is -2.19. The van der Waals surface area contributed by atoms with Gasteiger partial charge in [-0.25, -0.2) is 0 Å². The van der Waals surface area contributed by atoms with Crippen LogP contribution < -0.4 is 4.74 Å². The number of ether oxygens (including phenoxy) is 1. The van der Waals surface area contributed by atoms with Gasteiger partial charge in [0, 0.05) is 16.8 Å². The standard InChI is InChI=1S/C13H10OS/c15-10-7-12-11-4-2-1-3-9(11)5-6-13(12)14-8-10/h1-6H,7-8H2. The maximum atomic E-state index is 5.60. The summed E-state index contributed by atoms with van der Waals surface area (Å²) in [6.07, 6.45) is 0.867. The maximum Gasteiger partial charge on any atom is 0.124 e. The summed E-state index contributed by atoms with van der Waals surface area (Å²) in [6, 6.07) is 12.5. The monoisotopic (exact) mass is 214 g/mol. The Morgan fingerprint density at radius 2 is 1.93 bits per heavy atom. The largest absolute Gasteiger partial charge is 0.488 e. The van der Waals surface area contributed by atoms with E-state index < -0.39 is 0 Å². The van der Waals surface area contributed by atoms with Crippen LogP contribution in [0.3, 0.4) is 0 Å². The number of benzene rings is 2. The molecule has 1 heterocycles. The quantitative estimate of drug-likeness (QED) is 0.623. The lowest BCUT2D eigenvalue weighted by molar-refractivity contribution is 0.366. The van der Waals surface area contributed by atoms with Crippen molar-refractivity contribution < 1.29 is 4.74 Å². The Hall–Kier alpha value is -1.41. The normalized spacial score (nSPS) is 14.8. The molecule has 3 rings (SSSR count). The first kappa shape index (κ1) is 8.86. The van der Waals surface area contributed by atoms with E-state index in [2.05, 4.69) is 30.3 Å². The van der Waals surface area contributed by atoms with Gasteiger partial charge in [0.25, 0.3) is 0 Å². The zero-order valence-corrected chi connectivity index (χ0v) is 9.01. The van der Waals surface area contributed by atoms with E-state index in [1.165, 1.54) is 16.3 Å². The zero-order valence-electron chi connectivity index (χ0n) is 8.19. The summed E-state index contributed by atoms with van der Waals surface area (Å²) in [4.78, 5) is 0.985. The summed E-state index contributed by atoms with van der Waals surface area (Å²) in [6.45, 7) is 0.584. The van der Waals surface area contributed by atoms with Gasteiger partial charge < -0.3 is 4.74 Å². The number of hydrogen-bond donors (Lipinski definition) is 0. The molecule has 0 saturated carbocycles. The molecule has 2 heteroatoms. The van der Waals surface area contributed by atoms with Crippen LogP contribution in [0.5, 0.6) is 5.75 Å². The summed E-state index contributed by atoms with van der Waals surface area (Å²) in [7, 11) is 0. The molecule has 2 aromatic carbocycles. The highest BCUT2D eigenvalue weighted by atomic mass is 32.1. The molecule has 2 aromatic rings. The van der Waals surface area contributed by atoms with Gasteiger partial charge in [0.15, 0.2) is 0 Å². The van der Waals surface area contributed by atoms with Crippen LogP contribution in [0.15, 0.2) is 36.4 Å². The van der Waals surface area contributed by atoms with Crippen molar-refractivity contribution in [3.05, 3.63) is 42.0 Å². The van der Waals surface area contributed by atoms with Crippen molar-refractivity contribution in [2.75, 3.05) is 6.61 Å². The van der Waals surface area contributed by atoms with Gasteiger partial charge in [-0.2, -0.15) is 0 Å². The zero-order chi connectivity index (χ0) is 10.3. The molecule has 0 unspecified atom stereocenters. The van der Waals surface area contributed by atoms with E-state index >= 15 is 0 Å². The predicted octanol–water partition coefficient (Wildman–Crippen LogP) is 3.14. The Morgan fingerprint density at radius 3 is 2.87 bits per heavy atom. The highest BCUT2D eigenvalue weighted by Gasteiger charge is 2.16. The van der Waals surface area contributed by atoms with Crippen LogP contribution in [-0.4, -0.2) is 11.5 Å². The number of hydrogen-bond acceptors (Lipinski definition) is 2. The maximum absolute atomic E-state index is 5.60. The molecular weight excluding hydrogens is 204 g/mol. The van der Waals surface area contributed by atoms with Crippen molar-refractivity contribution in [3.63, 3.8) is 0 Å². The van der Waals surface area contributed by atoms with E-state index in [4.69, 9.17) is 17.0 Å². The SMILES string of the molecule is S=C1COc2ccc3ccccc3c2C1. The molecular formula is C13H10OS. The minimum absolute atomic E-state index is 0.584. The van der Waals surface area contributed by atoms with Gasteiger partial charge in [-0.3, -0.25) is 0 Å². The second kappa shape index (κ2) is 3.31. The van der Waals surface area contributed by atoms with Crippen molar-refractivity contribution in [2.24, 2.45) is 0 Å². The molecule has 0 fully saturated rings. The van der Waals surface area contributed by atoms with Crippen LogP contribution in [0.4, 0.5) is 0 Å². The third-order valence-corrected chi connectivity index (χ3v) is 3.02. The summed E-state index contributed by atoms with van der Waals surface area (Å²) >= 11 is 5.22. The van der Waals surface area contributed by atoms with Crippen molar-refractivity contribution in [1.29, 1.82) is 0 Å². The fraction of sp³-hybridized carbons (Fsp3) is 0.154. The first-order valence-corrected chi connectivity index (χ1v) is 5.40. The van der Waals surface area contributed by atoms with Gasteiger partial charge in [0.05, 0.1) is 0 Å². The van der Waals surface area contributed by atoms with Gasteiger partial charge in [-0.05, 0) is 16.8 Å². The molecule has 1 nitrogen and oxygen atoms in total. The van der Waals surface area contributed by atoms with E-state index in [9.17, 15) is 0 Å². The topological polar surface area (TPSA) is 9.23 Å². The van der Waals surface area contributed by atoms with Crippen molar-refractivity contribution in [1.82, 2.24) is 0 Å². The van der Waals surface area contributed by atoms with E-state index in [-0.39, 0.29) is 0 Å². The first-order valence-electron chi connectivity index (χ1n) is 5.00. The van der Waals surface area contributed by atoms with Crippen molar-refractivity contribution in [3.8, 4) is 5.75 Å². The summed E-state index contributed by atoms with van der Waals surface area (Å²) in [5.74, 6) is 0.988. The minimum Gasteiger partial charge on any atom is -0.488 e. The Bertz CT molecular complexity index is 545. The molecule has 0 aromatic heterocycles. The lowest BCUT2D eigenvalue weighted by Crippen LogP contribution is -2.18. The Labute approximate surface area is 93.7 Å². The second-order valence-corrected chi connectivity index (χ2v) is 4.34.